The van der Waals surface area contributed by atoms with Crippen LogP contribution in [0, 0.1) is 11.8 Å². The van der Waals surface area contributed by atoms with E-state index in [4.69, 9.17) is 9.84 Å². The zero-order valence-electron chi connectivity index (χ0n) is 17.2. The van der Waals surface area contributed by atoms with Crippen LogP contribution in [0.3, 0.4) is 0 Å². The molecule has 0 atom stereocenters. The lowest BCUT2D eigenvalue weighted by Crippen LogP contribution is -2.32. The summed E-state index contributed by atoms with van der Waals surface area (Å²) in [5, 5.41) is 7.81. The predicted molar refractivity (Wildman–Crippen MR) is 124 cm³/mol. The molecule has 3 aromatic rings. The highest BCUT2D eigenvalue weighted by atomic mass is 79.9. The second-order valence-corrected chi connectivity index (χ2v) is 10.2. The van der Waals surface area contributed by atoms with E-state index in [1.807, 2.05) is 42.5 Å². The van der Waals surface area contributed by atoms with Crippen LogP contribution in [0.4, 0.5) is 0 Å². The fourth-order valence-electron chi connectivity index (χ4n) is 3.98. The van der Waals surface area contributed by atoms with E-state index in [1.54, 1.807) is 22.2 Å². The smallest absolute Gasteiger partial charge is 0.308 e. The Hall–Kier alpha value is -2.45. The molecule has 1 amide bonds. The van der Waals surface area contributed by atoms with E-state index in [0.717, 1.165) is 40.0 Å². The van der Waals surface area contributed by atoms with E-state index in [2.05, 4.69) is 21.2 Å². The van der Waals surface area contributed by atoms with E-state index in [9.17, 15) is 9.59 Å². The van der Waals surface area contributed by atoms with Crippen LogP contribution in [-0.4, -0.2) is 35.3 Å². The number of ether oxygens (including phenoxy) is 1. The summed E-state index contributed by atoms with van der Waals surface area (Å²) in [6.45, 7) is 0.594. The van der Waals surface area contributed by atoms with Gasteiger partial charge in [0.1, 0.15) is 5.69 Å². The fraction of sp³-hybridized carbons (Fsp3) is 0.348. The number of benzene rings is 1. The number of rotatable bonds is 6. The minimum atomic E-state index is -0.128. The zero-order valence-corrected chi connectivity index (χ0v) is 19.6. The van der Waals surface area contributed by atoms with Crippen molar-refractivity contribution in [2.45, 2.75) is 25.7 Å². The van der Waals surface area contributed by atoms with Crippen LogP contribution in [0.1, 0.15) is 36.0 Å². The van der Waals surface area contributed by atoms with Crippen molar-refractivity contribution in [3.8, 4) is 16.3 Å². The number of nitrogens with zero attached hydrogens (tertiary/aromatic N) is 2. The lowest BCUT2D eigenvalue weighted by atomic mass is 9.82. The normalized spacial score (nSPS) is 18.5. The van der Waals surface area contributed by atoms with Gasteiger partial charge in [0.05, 0.1) is 32.9 Å². The molecule has 1 N–H and O–H groups in total. The van der Waals surface area contributed by atoms with Gasteiger partial charge >= 0.3 is 5.97 Å². The summed E-state index contributed by atoms with van der Waals surface area (Å²) in [6, 6.07) is 13.7. The maximum Gasteiger partial charge on any atom is 0.308 e. The molecule has 4 rings (SSSR count). The van der Waals surface area contributed by atoms with E-state index in [-0.39, 0.29) is 17.8 Å². The Kier molecular flexibility index (Phi) is 6.87. The Labute approximate surface area is 193 Å². The van der Waals surface area contributed by atoms with Crippen molar-refractivity contribution in [3.63, 3.8) is 0 Å². The lowest BCUT2D eigenvalue weighted by molar-refractivity contribution is -0.146. The summed E-state index contributed by atoms with van der Waals surface area (Å²) >= 11 is 5.05. The minimum Gasteiger partial charge on any atom is -0.469 e. The second-order valence-electron chi connectivity index (χ2n) is 7.73. The number of nitrogens with one attached hydrogen (secondary N) is 1. The molecular weight excluding hydrogens is 478 g/mol. The molecule has 0 bridgehead atoms. The van der Waals surface area contributed by atoms with Crippen LogP contribution in [0.2, 0.25) is 0 Å². The molecule has 0 spiro atoms. The first-order valence-electron chi connectivity index (χ1n) is 10.3. The number of halogens is 1. The highest BCUT2D eigenvalue weighted by Gasteiger charge is 2.27. The zero-order chi connectivity index (χ0) is 21.8. The van der Waals surface area contributed by atoms with Gasteiger partial charge in [0, 0.05) is 12.7 Å². The van der Waals surface area contributed by atoms with Crippen LogP contribution < -0.4 is 5.32 Å². The van der Waals surface area contributed by atoms with Gasteiger partial charge in [0.15, 0.2) is 0 Å². The average molecular weight is 502 g/mol. The van der Waals surface area contributed by atoms with Crippen molar-refractivity contribution in [3.05, 3.63) is 58.0 Å². The Balaban J connectivity index is 1.48. The van der Waals surface area contributed by atoms with Crippen LogP contribution in [0.5, 0.6) is 0 Å². The number of carbonyl (C=O) groups is 2. The highest BCUT2D eigenvalue weighted by molar-refractivity contribution is 9.11. The summed E-state index contributed by atoms with van der Waals surface area (Å²) in [7, 11) is 1.44. The summed E-state index contributed by atoms with van der Waals surface area (Å²) in [6.07, 6.45) is 5.24. The topological polar surface area (TPSA) is 73.2 Å². The summed E-state index contributed by atoms with van der Waals surface area (Å²) in [5.74, 6) is 0.109. The summed E-state index contributed by atoms with van der Waals surface area (Å²) in [4.78, 5) is 25.8. The molecule has 2 heterocycles. The largest absolute Gasteiger partial charge is 0.469 e. The molecule has 1 fully saturated rings. The average Bonchev–Trinajstić information content (AvgIpc) is 3.44. The van der Waals surface area contributed by atoms with Gasteiger partial charge < -0.3 is 10.1 Å². The molecule has 2 aromatic heterocycles. The molecule has 8 heteroatoms. The Bertz CT molecular complexity index is 1060. The number of amides is 1. The second kappa shape index (κ2) is 9.78. The van der Waals surface area contributed by atoms with Gasteiger partial charge in [-0.1, -0.05) is 18.2 Å². The van der Waals surface area contributed by atoms with E-state index < -0.39 is 0 Å². The van der Waals surface area contributed by atoms with Gasteiger partial charge in [0.25, 0.3) is 5.91 Å². The third-order valence-corrected chi connectivity index (χ3v) is 7.35. The SMILES string of the molecule is COC(=O)C1CCC(CNC(=O)c2cn(-c3ccccc3)nc2-c2ccc(Br)s2)CC1. The maximum atomic E-state index is 13.1. The van der Waals surface area contributed by atoms with E-state index in [0.29, 0.717) is 23.7 Å². The monoisotopic (exact) mass is 501 g/mol. The first kappa shape index (κ1) is 21.8. The maximum absolute atomic E-state index is 13.1. The van der Waals surface area contributed by atoms with Crippen molar-refractivity contribution in [1.82, 2.24) is 15.1 Å². The molecule has 6 nitrogen and oxygen atoms in total. The van der Waals surface area contributed by atoms with Crippen molar-refractivity contribution < 1.29 is 14.3 Å². The third kappa shape index (κ3) is 5.07. The number of esters is 1. The van der Waals surface area contributed by atoms with Gasteiger partial charge in [0.2, 0.25) is 0 Å². The van der Waals surface area contributed by atoms with Crippen LogP contribution in [0.15, 0.2) is 52.4 Å². The van der Waals surface area contributed by atoms with Crippen LogP contribution in [0.25, 0.3) is 16.3 Å². The first-order chi connectivity index (χ1) is 15.0. The fourth-order valence-corrected chi connectivity index (χ4v) is 5.36. The molecule has 162 valence electrons. The molecule has 1 aromatic carbocycles. The molecule has 0 aliphatic heterocycles. The van der Waals surface area contributed by atoms with Gasteiger partial charge in [-0.25, -0.2) is 4.68 Å². The van der Waals surface area contributed by atoms with Gasteiger partial charge in [-0.3, -0.25) is 9.59 Å². The quantitative estimate of drug-likeness (QED) is 0.478. The first-order valence-corrected chi connectivity index (χ1v) is 11.9. The molecule has 0 unspecified atom stereocenters. The number of para-hydroxylation sites is 1. The molecule has 0 radical (unpaired) electrons. The summed E-state index contributed by atoms with van der Waals surface area (Å²) in [5.41, 5.74) is 2.13. The Morgan fingerprint density at radius 1 is 1.16 bits per heavy atom. The number of hydrogen-bond acceptors (Lipinski definition) is 5. The van der Waals surface area contributed by atoms with Crippen molar-refractivity contribution in [1.29, 1.82) is 0 Å². The Morgan fingerprint density at radius 2 is 1.90 bits per heavy atom. The minimum absolute atomic E-state index is 0.00932. The molecule has 31 heavy (non-hydrogen) atoms. The van der Waals surface area contributed by atoms with Gasteiger partial charge in [-0.05, 0) is 71.8 Å². The lowest BCUT2D eigenvalue weighted by Gasteiger charge is -2.26. The van der Waals surface area contributed by atoms with Crippen molar-refractivity contribution in [2.75, 3.05) is 13.7 Å². The van der Waals surface area contributed by atoms with Gasteiger partial charge in [-0.15, -0.1) is 11.3 Å². The number of methoxy groups -OCH3 is 1. The van der Waals surface area contributed by atoms with Crippen molar-refractivity contribution in [2.24, 2.45) is 11.8 Å². The third-order valence-electron chi connectivity index (χ3n) is 5.72. The molecule has 1 saturated carbocycles. The number of carbonyl (C=O) groups excluding carboxylic acids is 2. The van der Waals surface area contributed by atoms with Gasteiger partial charge in [-0.2, -0.15) is 5.10 Å². The molecule has 1 aliphatic rings. The van der Waals surface area contributed by atoms with Crippen LogP contribution in [-0.2, 0) is 9.53 Å². The Morgan fingerprint density at radius 3 is 2.55 bits per heavy atom. The van der Waals surface area contributed by atoms with Crippen LogP contribution >= 0.6 is 27.3 Å². The van der Waals surface area contributed by atoms with E-state index in [1.165, 1.54) is 7.11 Å². The molecule has 1 aliphatic carbocycles. The highest BCUT2D eigenvalue weighted by Crippen LogP contribution is 2.33. The number of hydrogen-bond donors (Lipinski definition) is 1. The summed E-state index contributed by atoms with van der Waals surface area (Å²) < 4.78 is 7.60. The predicted octanol–water partition coefficient (Wildman–Crippen LogP) is 5.07. The number of aromatic nitrogens is 2. The van der Waals surface area contributed by atoms with E-state index >= 15 is 0 Å². The number of thiophene rings is 1. The standard InChI is InChI=1S/C23H24BrN3O3S/c1-30-23(29)16-9-7-15(8-10-16)13-25-22(28)18-14-27(17-5-3-2-4-6-17)26-21(18)19-11-12-20(24)31-19/h2-6,11-12,14-16H,7-10,13H2,1H3,(H,25,28). The van der Waals surface area contributed by atoms with Crippen molar-refractivity contribution >= 4 is 39.1 Å². The molecule has 0 saturated heterocycles. The molecular formula is C23H24BrN3O3S.